The third kappa shape index (κ3) is 4.52. The van der Waals surface area contributed by atoms with Crippen LogP contribution in [0.3, 0.4) is 0 Å². The van der Waals surface area contributed by atoms with Gasteiger partial charge >= 0.3 is 0 Å². The molecule has 2 aromatic carbocycles. The number of hydrogen-bond acceptors (Lipinski definition) is 5. The molecule has 6 nitrogen and oxygen atoms in total. The molecule has 1 aliphatic carbocycles. The van der Waals surface area contributed by atoms with Crippen molar-refractivity contribution in [3.05, 3.63) is 112 Å². The molecule has 1 amide bonds. The summed E-state index contributed by atoms with van der Waals surface area (Å²) in [6, 6.07) is 20.5. The summed E-state index contributed by atoms with van der Waals surface area (Å²) in [5.41, 5.74) is 4.40. The van der Waals surface area contributed by atoms with Crippen molar-refractivity contribution in [1.82, 2.24) is 10.3 Å². The molecule has 0 saturated heterocycles. The number of dihydropyridines is 1. The van der Waals surface area contributed by atoms with Crippen molar-refractivity contribution in [2.75, 3.05) is 12.4 Å². The number of aromatic nitrogens is 1. The van der Waals surface area contributed by atoms with Gasteiger partial charge in [0.25, 0.3) is 5.91 Å². The molecule has 1 aliphatic heterocycles. The van der Waals surface area contributed by atoms with Gasteiger partial charge in [-0.3, -0.25) is 9.59 Å². The Bertz CT molecular complexity index is 1380. The van der Waals surface area contributed by atoms with E-state index in [1.807, 2.05) is 49.4 Å². The topological polar surface area (TPSA) is 80.3 Å². The number of Topliss-reactive ketones (excluding diaryl/α,β-unsaturated/α-hetero) is 1. The standard InChI is InChI=1S/C29H26ClN3O3/c1-17-26(29(35)33-25-9-5-6-14-31-25)27(21-7-3-4-8-22(21)30)28-23(32-17)15-19(16-24(28)34)18-10-12-20(36-2)13-11-18/h3-14,19,27,32H,15-16H2,1-2H3,(H,31,33,35). The Labute approximate surface area is 215 Å². The van der Waals surface area contributed by atoms with E-state index in [9.17, 15) is 9.59 Å². The lowest BCUT2D eigenvalue weighted by Gasteiger charge is -2.37. The first-order valence-electron chi connectivity index (χ1n) is 11.8. The molecule has 2 unspecified atom stereocenters. The van der Waals surface area contributed by atoms with Crippen LogP contribution in [0.25, 0.3) is 0 Å². The fourth-order valence-electron chi connectivity index (χ4n) is 5.09. The second-order valence-corrected chi connectivity index (χ2v) is 9.39. The molecule has 0 spiro atoms. The lowest BCUT2D eigenvalue weighted by molar-refractivity contribution is -0.116. The molecular weight excluding hydrogens is 474 g/mol. The third-order valence-corrected chi connectivity index (χ3v) is 7.13. The van der Waals surface area contributed by atoms with Crippen LogP contribution in [0.2, 0.25) is 5.02 Å². The Hall–Kier alpha value is -3.90. The van der Waals surface area contributed by atoms with Crippen LogP contribution in [0.15, 0.2) is 95.5 Å². The highest BCUT2D eigenvalue weighted by Gasteiger charge is 2.41. The molecule has 2 N–H and O–H groups in total. The molecule has 0 saturated carbocycles. The average molecular weight is 500 g/mol. The van der Waals surface area contributed by atoms with E-state index in [1.54, 1.807) is 37.6 Å². The number of carbonyl (C=O) groups is 2. The Morgan fingerprint density at radius 1 is 1.06 bits per heavy atom. The lowest BCUT2D eigenvalue weighted by atomic mass is 9.71. The number of benzene rings is 2. The van der Waals surface area contributed by atoms with Gasteiger partial charge in [-0.25, -0.2) is 4.98 Å². The van der Waals surface area contributed by atoms with Crippen LogP contribution in [0.5, 0.6) is 5.75 Å². The predicted octanol–water partition coefficient (Wildman–Crippen LogP) is 5.74. The number of allylic oxidation sites excluding steroid dienone is 3. The van der Waals surface area contributed by atoms with Crippen molar-refractivity contribution < 1.29 is 14.3 Å². The third-order valence-electron chi connectivity index (χ3n) is 6.78. The predicted molar refractivity (Wildman–Crippen MR) is 140 cm³/mol. The second-order valence-electron chi connectivity index (χ2n) is 8.98. The van der Waals surface area contributed by atoms with E-state index in [0.29, 0.717) is 40.5 Å². The van der Waals surface area contributed by atoms with Crippen LogP contribution in [-0.2, 0) is 9.59 Å². The number of ketones is 1. The number of nitrogens with one attached hydrogen (secondary N) is 2. The smallest absolute Gasteiger partial charge is 0.255 e. The minimum Gasteiger partial charge on any atom is -0.497 e. The van der Waals surface area contributed by atoms with Crippen LogP contribution < -0.4 is 15.4 Å². The highest BCUT2D eigenvalue weighted by Crippen LogP contribution is 2.47. The van der Waals surface area contributed by atoms with Crippen LogP contribution >= 0.6 is 11.6 Å². The number of carbonyl (C=O) groups excluding carboxylic acids is 2. The summed E-state index contributed by atoms with van der Waals surface area (Å²) in [5, 5.41) is 6.79. The first-order chi connectivity index (χ1) is 17.5. The van der Waals surface area contributed by atoms with E-state index in [2.05, 4.69) is 15.6 Å². The molecule has 2 atom stereocenters. The molecule has 0 radical (unpaired) electrons. The number of ether oxygens (including phenoxy) is 1. The normalized spacial score (nSPS) is 19.5. The van der Waals surface area contributed by atoms with Gasteiger partial charge in [-0.15, -0.1) is 0 Å². The molecule has 3 aromatic rings. The minimum atomic E-state index is -0.581. The first kappa shape index (κ1) is 23.8. The SMILES string of the molecule is COc1ccc(C2CC(=O)C3=C(C2)NC(C)=C(C(=O)Nc2ccccn2)C3c2ccccc2Cl)cc1. The highest BCUT2D eigenvalue weighted by atomic mass is 35.5. The van der Waals surface area contributed by atoms with Crippen LogP contribution in [-0.4, -0.2) is 23.8 Å². The number of pyridine rings is 1. The Morgan fingerprint density at radius 3 is 2.50 bits per heavy atom. The van der Waals surface area contributed by atoms with E-state index >= 15 is 0 Å². The van der Waals surface area contributed by atoms with Gasteiger partial charge in [0.15, 0.2) is 5.78 Å². The van der Waals surface area contributed by atoms with E-state index in [0.717, 1.165) is 22.6 Å². The van der Waals surface area contributed by atoms with Crippen molar-refractivity contribution >= 4 is 29.1 Å². The number of halogens is 1. The fraction of sp³-hybridized carbons (Fsp3) is 0.207. The molecule has 0 bridgehead atoms. The van der Waals surface area contributed by atoms with Gasteiger partial charge in [0.1, 0.15) is 11.6 Å². The van der Waals surface area contributed by atoms with Gasteiger partial charge in [0, 0.05) is 46.1 Å². The van der Waals surface area contributed by atoms with Gasteiger partial charge in [-0.05, 0) is 60.7 Å². The van der Waals surface area contributed by atoms with Crippen LogP contribution in [0.4, 0.5) is 5.82 Å². The summed E-state index contributed by atoms with van der Waals surface area (Å²) < 4.78 is 5.28. The number of anilines is 1. The van der Waals surface area contributed by atoms with E-state index in [1.165, 1.54) is 0 Å². The van der Waals surface area contributed by atoms with Crippen molar-refractivity contribution in [3.8, 4) is 5.75 Å². The van der Waals surface area contributed by atoms with Crippen molar-refractivity contribution in [2.45, 2.75) is 31.6 Å². The zero-order chi connectivity index (χ0) is 25.2. The number of methoxy groups -OCH3 is 1. The molecule has 36 heavy (non-hydrogen) atoms. The van der Waals surface area contributed by atoms with E-state index in [-0.39, 0.29) is 17.6 Å². The number of hydrogen-bond donors (Lipinski definition) is 2. The first-order valence-corrected chi connectivity index (χ1v) is 12.2. The summed E-state index contributed by atoms with van der Waals surface area (Å²) in [6.45, 7) is 1.86. The maximum atomic E-state index is 13.7. The van der Waals surface area contributed by atoms with Gasteiger partial charge in [-0.2, -0.15) is 0 Å². The lowest BCUT2D eigenvalue weighted by Crippen LogP contribution is -2.37. The molecular formula is C29H26ClN3O3. The molecule has 7 heteroatoms. The van der Waals surface area contributed by atoms with E-state index < -0.39 is 5.92 Å². The van der Waals surface area contributed by atoms with Crippen LogP contribution in [0, 0.1) is 0 Å². The number of amides is 1. The van der Waals surface area contributed by atoms with Gasteiger partial charge < -0.3 is 15.4 Å². The summed E-state index contributed by atoms with van der Waals surface area (Å²) in [5.74, 6) is 0.347. The van der Waals surface area contributed by atoms with Crippen LogP contribution in [0.1, 0.15) is 42.7 Å². The monoisotopic (exact) mass is 499 g/mol. The van der Waals surface area contributed by atoms with Crippen molar-refractivity contribution in [1.29, 1.82) is 0 Å². The quantitative estimate of drug-likeness (QED) is 0.467. The maximum Gasteiger partial charge on any atom is 0.255 e. The molecule has 1 aromatic heterocycles. The zero-order valence-electron chi connectivity index (χ0n) is 20.0. The second kappa shape index (κ2) is 9.99. The van der Waals surface area contributed by atoms with Gasteiger partial charge in [0.05, 0.1) is 7.11 Å². The summed E-state index contributed by atoms with van der Waals surface area (Å²) in [4.78, 5) is 31.5. The minimum absolute atomic E-state index is 0.00474. The number of rotatable bonds is 5. The molecule has 0 fully saturated rings. The summed E-state index contributed by atoms with van der Waals surface area (Å²) in [6.07, 6.45) is 2.62. The molecule has 2 aliphatic rings. The molecule has 182 valence electrons. The highest BCUT2D eigenvalue weighted by molar-refractivity contribution is 6.31. The largest absolute Gasteiger partial charge is 0.497 e. The zero-order valence-corrected chi connectivity index (χ0v) is 20.8. The van der Waals surface area contributed by atoms with Crippen molar-refractivity contribution in [2.24, 2.45) is 0 Å². The van der Waals surface area contributed by atoms with Gasteiger partial charge in [0.2, 0.25) is 0 Å². The molecule has 2 heterocycles. The summed E-state index contributed by atoms with van der Waals surface area (Å²) >= 11 is 6.63. The Balaban J connectivity index is 1.55. The Morgan fingerprint density at radius 2 is 1.81 bits per heavy atom. The Kier molecular flexibility index (Phi) is 6.61. The van der Waals surface area contributed by atoms with E-state index in [4.69, 9.17) is 16.3 Å². The van der Waals surface area contributed by atoms with Gasteiger partial charge in [-0.1, -0.05) is 48.0 Å². The van der Waals surface area contributed by atoms with Crippen molar-refractivity contribution in [3.63, 3.8) is 0 Å². The maximum absolute atomic E-state index is 13.7. The molecule has 5 rings (SSSR count). The summed E-state index contributed by atoms with van der Waals surface area (Å²) in [7, 11) is 1.63. The number of nitrogens with zero attached hydrogens (tertiary/aromatic N) is 1. The average Bonchev–Trinajstić information content (AvgIpc) is 2.88. The fourth-order valence-corrected chi connectivity index (χ4v) is 5.34.